The maximum Gasteiger partial charge on any atom is 0.323 e. The van der Waals surface area contributed by atoms with Crippen LogP contribution in [-0.4, -0.2) is 23.6 Å². The minimum atomic E-state index is -0.184. The van der Waals surface area contributed by atoms with E-state index in [0.717, 1.165) is 41.3 Å². The fraction of sp³-hybridized carbons (Fsp3) is 0.387. The summed E-state index contributed by atoms with van der Waals surface area (Å²) in [7, 11) is 0. The maximum atomic E-state index is 12.5. The number of benzene rings is 3. The first-order valence-electron chi connectivity index (χ1n) is 12.2. The van der Waals surface area contributed by atoms with Crippen molar-refractivity contribution in [1.29, 1.82) is 0 Å². The van der Waals surface area contributed by atoms with Gasteiger partial charge in [0.2, 0.25) is 0 Å². The molecule has 2 aliphatic rings. The van der Waals surface area contributed by atoms with Crippen LogP contribution in [0.5, 0.6) is 0 Å². The van der Waals surface area contributed by atoms with Crippen LogP contribution in [0.3, 0.4) is 0 Å². The van der Waals surface area contributed by atoms with Gasteiger partial charge in [0.25, 0.3) is 0 Å². The molecule has 2 amide bonds. The van der Waals surface area contributed by atoms with Crippen molar-refractivity contribution in [1.82, 2.24) is 0 Å². The van der Waals surface area contributed by atoms with E-state index in [1.807, 2.05) is 56.3 Å². The van der Waals surface area contributed by atoms with Crippen molar-refractivity contribution in [2.75, 3.05) is 23.7 Å². The number of nitrogens with one attached hydrogen (secondary N) is 2. The minimum absolute atomic E-state index is 0. The summed E-state index contributed by atoms with van der Waals surface area (Å²) in [5.74, 6) is 0.762. The first-order valence-corrected chi connectivity index (χ1v) is 12.2. The monoisotopic (exact) mass is 562 g/mol. The third kappa shape index (κ3) is 8.00. The number of anilines is 2. The van der Waals surface area contributed by atoms with E-state index >= 15 is 0 Å². The van der Waals surface area contributed by atoms with Crippen LogP contribution in [0.1, 0.15) is 58.2 Å². The molecule has 5 rings (SSSR count). The van der Waals surface area contributed by atoms with E-state index in [2.05, 4.69) is 47.0 Å². The van der Waals surface area contributed by atoms with Gasteiger partial charge in [0.05, 0.1) is 18.8 Å². The molecule has 3 aromatic carbocycles. The topological polar surface area (TPSA) is 41.1 Å². The van der Waals surface area contributed by atoms with Gasteiger partial charge >= 0.3 is 6.03 Å². The first-order chi connectivity index (χ1) is 16.2. The number of urea groups is 1. The number of para-hydroxylation sites is 1. The quantitative estimate of drug-likeness (QED) is 0.246. The zero-order valence-electron chi connectivity index (χ0n) is 20.4. The van der Waals surface area contributed by atoms with E-state index in [1.54, 1.807) is 0 Å². The number of rotatable bonds is 4. The number of hydrogen-bond acceptors (Lipinski definition) is 1. The van der Waals surface area contributed by atoms with Gasteiger partial charge in [0, 0.05) is 49.5 Å². The molecule has 0 aromatic heterocycles. The molecule has 1 fully saturated rings. The third-order valence-corrected chi connectivity index (χ3v) is 6.87. The van der Waals surface area contributed by atoms with Crippen molar-refractivity contribution in [2.45, 2.75) is 61.1 Å². The summed E-state index contributed by atoms with van der Waals surface area (Å²) < 4.78 is 1.13. The number of carbonyl (C=O) groups is 1. The number of amides is 2. The van der Waals surface area contributed by atoms with Crippen LogP contribution in [0.15, 0.2) is 72.8 Å². The fourth-order valence-corrected chi connectivity index (χ4v) is 5.23. The molecule has 1 saturated heterocycles. The van der Waals surface area contributed by atoms with E-state index in [-0.39, 0.29) is 53.6 Å². The molecule has 2 aliphatic heterocycles. The summed E-state index contributed by atoms with van der Waals surface area (Å²) in [6, 6.07) is 27.3. The van der Waals surface area contributed by atoms with Crippen LogP contribution < -0.4 is 10.6 Å². The zero-order valence-corrected chi connectivity index (χ0v) is 23.2. The van der Waals surface area contributed by atoms with Gasteiger partial charge in [-0.25, -0.2) is 4.79 Å². The minimum Gasteiger partial charge on any atom is -0.316 e. The molecule has 1 radical (unpaired) electrons. The first kappa shape index (κ1) is 32.0. The van der Waals surface area contributed by atoms with Crippen LogP contribution in [0.25, 0.3) is 0 Å². The SMILES string of the molecule is C.C.CC.O=C(Nc1ccccc1)Nc1cccc2c1C[N+]1(CCC(Cc3c[c-]ccc3)CC1)C2.[Y]. The molecule has 4 nitrogen and oxygen atoms in total. The Hall–Kier alpha value is -2.01. The van der Waals surface area contributed by atoms with Crippen LogP contribution in [0, 0.1) is 12.0 Å². The van der Waals surface area contributed by atoms with Gasteiger partial charge in [-0.3, -0.25) is 0 Å². The maximum absolute atomic E-state index is 12.5. The predicted molar refractivity (Wildman–Crippen MR) is 149 cm³/mol. The van der Waals surface area contributed by atoms with Gasteiger partial charge in [0.1, 0.15) is 13.1 Å². The predicted octanol–water partition coefficient (Wildman–Crippen LogP) is 7.91. The number of nitrogens with zero attached hydrogens (tertiary/aromatic N) is 1. The van der Waals surface area contributed by atoms with Crippen molar-refractivity contribution < 1.29 is 42.0 Å². The van der Waals surface area contributed by atoms with E-state index in [9.17, 15) is 4.79 Å². The smallest absolute Gasteiger partial charge is 0.316 e. The van der Waals surface area contributed by atoms with E-state index in [0.29, 0.717) is 0 Å². The number of carbonyl (C=O) groups excluding carboxylic acids is 1. The molecule has 0 atom stereocenters. The molecule has 0 saturated carbocycles. The van der Waals surface area contributed by atoms with Gasteiger partial charge in [-0.15, -0.1) is 0 Å². The van der Waals surface area contributed by atoms with Gasteiger partial charge in [-0.1, -0.05) is 65.5 Å². The number of hydrogen-bond donors (Lipinski definition) is 2. The standard InChI is InChI=1S/C27H29N3O.C2H6.2CH4.Y/c31-27(28-24-11-5-2-6-12-24)29-26-13-7-10-23-19-30(20-25(23)26)16-14-22(15-17-30)18-21-8-3-1-4-9-21;1-2;;;/h1-3,5-13,22H,14-20H2,(H2,28,29,31);1-2H3;2*1H4;. The third-order valence-electron chi connectivity index (χ3n) is 6.87. The van der Waals surface area contributed by atoms with Crippen LogP contribution in [-0.2, 0) is 52.2 Å². The van der Waals surface area contributed by atoms with Gasteiger partial charge in [-0.05, 0) is 37.0 Å². The Morgan fingerprint density at radius 2 is 1.64 bits per heavy atom. The average molecular weight is 563 g/mol. The van der Waals surface area contributed by atoms with E-state index in [1.165, 1.54) is 42.6 Å². The second-order valence-corrected chi connectivity index (χ2v) is 9.05. The summed E-state index contributed by atoms with van der Waals surface area (Å²) in [6.07, 6.45) is 3.69. The average Bonchev–Trinajstić information content (AvgIpc) is 3.22. The fourth-order valence-electron chi connectivity index (χ4n) is 5.23. The number of piperidine rings is 1. The summed E-state index contributed by atoms with van der Waals surface area (Å²) >= 11 is 0. The number of fused-ring (bicyclic) bond motifs is 1. The normalized spacial score (nSPS) is 19.2. The molecule has 0 bridgehead atoms. The van der Waals surface area contributed by atoms with Gasteiger partial charge in [-0.2, -0.15) is 35.9 Å². The second-order valence-electron chi connectivity index (χ2n) is 9.05. The Balaban J connectivity index is 0.00000127. The molecular formula is C31H43N3OY. The zero-order chi connectivity index (χ0) is 23.1. The molecule has 2 N–H and O–H groups in total. The van der Waals surface area contributed by atoms with Crippen LogP contribution in [0.4, 0.5) is 16.2 Å². The summed E-state index contributed by atoms with van der Waals surface area (Å²) in [4.78, 5) is 12.5. The van der Waals surface area contributed by atoms with Crippen LogP contribution >= 0.6 is 0 Å². The Kier molecular flexibility index (Phi) is 13.6. The second kappa shape index (κ2) is 15.3. The Morgan fingerprint density at radius 1 is 0.917 bits per heavy atom. The van der Waals surface area contributed by atoms with Crippen LogP contribution in [0.2, 0.25) is 0 Å². The van der Waals surface area contributed by atoms with Crippen molar-refractivity contribution in [2.24, 2.45) is 5.92 Å². The summed E-state index contributed by atoms with van der Waals surface area (Å²) in [5.41, 5.74) is 5.84. The molecule has 3 aromatic rings. The van der Waals surface area contributed by atoms with Crippen molar-refractivity contribution in [3.05, 3.63) is 95.6 Å². The Bertz CT molecular complexity index is 1050. The molecule has 36 heavy (non-hydrogen) atoms. The largest absolute Gasteiger partial charge is 0.323 e. The van der Waals surface area contributed by atoms with Gasteiger partial charge in [0.15, 0.2) is 0 Å². The molecular weight excluding hydrogens is 519 g/mol. The van der Waals surface area contributed by atoms with E-state index < -0.39 is 0 Å². The summed E-state index contributed by atoms with van der Waals surface area (Å²) in [5, 5.41) is 6.01. The molecule has 191 valence electrons. The summed E-state index contributed by atoms with van der Waals surface area (Å²) in [6.45, 7) is 8.52. The molecule has 5 heteroatoms. The Labute approximate surface area is 244 Å². The molecule has 0 aliphatic carbocycles. The molecule has 1 spiro atoms. The van der Waals surface area contributed by atoms with Crippen molar-refractivity contribution >= 4 is 17.4 Å². The molecule has 2 heterocycles. The Morgan fingerprint density at radius 3 is 2.31 bits per heavy atom. The van der Waals surface area contributed by atoms with Crippen molar-refractivity contribution in [3.63, 3.8) is 0 Å². The van der Waals surface area contributed by atoms with Gasteiger partial charge < -0.3 is 15.1 Å². The molecule has 0 unspecified atom stereocenters. The van der Waals surface area contributed by atoms with E-state index in [4.69, 9.17) is 0 Å². The number of quaternary nitrogens is 1. The van der Waals surface area contributed by atoms with Crippen molar-refractivity contribution in [3.8, 4) is 0 Å².